The van der Waals surface area contributed by atoms with Crippen LogP contribution >= 0.6 is 0 Å². The highest BCUT2D eigenvalue weighted by atomic mass is 16.7. The molecule has 0 aliphatic carbocycles. The van der Waals surface area contributed by atoms with Gasteiger partial charge in [-0.1, -0.05) is 60.7 Å². The number of benzene rings is 2. The number of rotatable bonds is 2. The van der Waals surface area contributed by atoms with Gasteiger partial charge in [-0.25, -0.2) is 0 Å². The fourth-order valence-corrected chi connectivity index (χ4v) is 4.24. The van der Waals surface area contributed by atoms with Crippen LogP contribution in [0, 0.1) is 0 Å². The normalized spacial score (nSPS) is 27.1. The Morgan fingerprint density at radius 3 is 1.77 bits per heavy atom. The van der Waals surface area contributed by atoms with Crippen molar-refractivity contribution in [3.8, 4) is 0 Å². The largest absolute Gasteiger partial charge is 0.349 e. The topological polar surface area (TPSA) is 18.5 Å². The molecule has 0 amide bonds. The van der Waals surface area contributed by atoms with Gasteiger partial charge in [0.25, 0.3) is 0 Å². The van der Waals surface area contributed by atoms with E-state index in [1.807, 2.05) is 0 Å². The van der Waals surface area contributed by atoms with Crippen molar-refractivity contribution >= 4 is 0 Å². The van der Waals surface area contributed by atoms with Gasteiger partial charge in [0.15, 0.2) is 5.79 Å². The van der Waals surface area contributed by atoms with Crippen molar-refractivity contribution in [1.29, 1.82) is 0 Å². The fraction of sp³-hybridized carbons (Fsp3) is 0.400. The molecule has 22 heavy (non-hydrogen) atoms. The molecule has 114 valence electrons. The lowest BCUT2D eigenvalue weighted by molar-refractivity contribution is -0.252. The van der Waals surface area contributed by atoms with Gasteiger partial charge in [0.05, 0.1) is 18.6 Å². The summed E-state index contributed by atoms with van der Waals surface area (Å²) in [7, 11) is 0. The molecule has 2 heterocycles. The summed E-state index contributed by atoms with van der Waals surface area (Å²) in [5, 5.41) is 0. The van der Waals surface area contributed by atoms with Gasteiger partial charge in [-0.3, -0.25) is 0 Å². The van der Waals surface area contributed by atoms with Gasteiger partial charge in [-0.2, -0.15) is 0 Å². The van der Waals surface area contributed by atoms with Crippen LogP contribution in [0.3, 0.4) is 0 Å². The Morgan fingerprint density at radius 1 is 0.636 bits per heavy atom. The third kappa shape index (κ3) is 1.94. The Labute approximate surface area is 132 Å². The monoisotopic (exact) mass is 294 g/mol. The minimum absolute atomic E-state index is 0.198. The summed E-state index contributed by atoms with van der Waals surface area (Å²) in [6, 6.07) is 21.5. The van der Waals surface area contributed by atoms with E-state index in [1.54, 1.807) is 0 Å². The summed E-state index contributed by atoms with van der Waals surface area (Å²) in [4.78, 5) is 0. The van der Waals surface area contributed by atoms with E-state index >= 15 is 0 Å². The van der Waals surface area contributed by atoms with Crippen molar-refractivity contribution in [2.45, 2.75) is 36.9 Å². The molecule has 1 unspecified atom stereocenters. The number of ether oxygens (including phenoxy) is 2. The predicted molar refractivity (Wildman–Crippen MR) is 86.8 cm³/mol. The average molecular weight is 294 g/mol. The van der Waals surface area contributed by atoms with Gasteiger partial charge < -0.3 is 9.47 Å². The zero-order chi connectivity index (χ0) is 14.9. The van der Waals surface area contributed by atoms with Crippen molar-refractivity contribution in [2.24, 2.45) is 0 Å². The molecule has 4 rings (SSSR count). The summed E-state index contributed by atoms with van der Waals surface area (Å²) in [5.74, 6) is -0.506. The van der Waals surface area contributed by atoms with E-state index in [4.69, 9.17) is 9.47 Å². The van der Waals surface area contributed by atoms with Gasteiger partial charge in [0, 0.05) is 6.42 Å². The van der Waals surface area contributed by atoms with Gasteiger partial charge in [0.2, 0.25) is 0 Å². The lowest BCUT2D eigenvalue weighted by Crippen LogP contribution is -2.53. The molecule has 0 bridgehead atoms. The second kappa shape index (κ2) is 5.53. The highest BCUT2D eigenvalue weighted by molar-refractivity contribution is 5.44. The molecule has 0 radical (unpaired) electrons. The van der Waals surface area contributed by atoms with Crippen LogP contribution in [0.4, 0.5) is 0 Å². The fourth-order valence-electron chi connectivity index (χ4n) is 4.24. The van der Waals surface area contributed by atoms with Crippen LogP contribution < -0.4 is 0 Å². The molecule has 0 aromatic heterocycles. The van der Waals surface area contributed by atoms with E-state index in [-0.39, 0.29) is 5.41 Å². The van der Waals surface area contributed by atoms with E-state index < -0.39 is 5.79 Å². The highest BCUT2D eigenvalue weighted by Gasteiger charge is 2.59. The molecule has 2 aliphatic heterocycles. The molecule has 2 nitrogen and oxygen atoms in total. The maximum Gasteiger partial charge on any atom is 0.182 e. The first-order valence-electron chi connectivity index (χ1n) is 8.26. The predicted octanol–water partition coefficient (Wildman–Crippen LogP) is 4.29. The van der Waals surface area contributed by atoms with Gasteiger partial charge in [0.1, 0.15) is 0 Å². The van der Waals surface area contributed by atoms with Crippen LogP contribution in [0.2, 0.25) is 0 Å². The molecule has 0 N–H and O–H groups in total. The first-order chi connectivity index (χ1) is 10.9. The molecule has 1 atom stereocenters. The molecule has 2 fully saturated rings. The van der Waals surface area contributed by atoms with E-state index in [0.29, 0.717) is 0 Å². The minimum Gasteiger partial charge on any atom is -0.349 e. The summed E-state index contributed by atoms with van der Waals surface area (Å²) < 4.78 is 12.6. The maximum atomic E-state index is 6.33. The van der Waals surface area contributed by atoms with E-state index in [0.717, 1.165) is 32.5 Å². The van der Waals surface area contributed by atoms with Crippen LogP contribution in [-0.2, 0) is 14.9 Å². The lowest BCUT2D eigenvalue weighted by Gasteiger charge is -2.47. The Hall–Kier alpha value is -1.64. The Balaban J connectivity index is 1.93. The first kappa shape index (κ1) is 14.0. The second-order valence-corrected chi connectivity index (χ2v) is 6.29. The average Bonchev–Trinajstić information content (AvgIpc) is 2.96. The zero-order valence-corrected chi connectivity index (χ0v) is 12.8. The molecule has 2 heteroatoms. The van der Waals surface area contributed by atoms with Crippen LogP contribution in [-0.4, -0.2) is 19.0 Å². The van der Waals surface area contributed by atoms with Crippen molar-refractivity contribution in [3.05, 3.63) is 71.8 Å². The second-order valence-electron chi connectivity index (χ2n) is 6.29. The minimum atomic E-state index is -0.506. The maximum absolute atomic E-state index is 6.33. The smallest absolute Gasteiger partial charge is 0.182 e. The molecular weight excluding hydrogens is 272 g/mol. The van der Waals surface area contributed by atoms with Gasteiger partial charge in [-0.15, -0.1) is 0 Å². The van der Waals surface area contributed by atoms with Crippen molar-refractivity contribution in [2.75, 3.05) is 13.2 Å². The zero-order valence-electron chi connectivity index (χ0n) is 12.8. The van der Waals surface area contributed by atoms with Gasteiger partial charge in [-0.05, 0) is 30.4 Å². The van der Waals surface area contributed by atoms with E-state index in [1.165, 1.54) is 17.5 Å². The highest BCUT2D eigenvalue weighted by Crippen LogP contribution is 2.54. The van der Waals surface area contributed by atoms with Crippen LogP contribution in [0.1, 0.15) is 36.8 Å². The van der Waals surface area contributed by atoms with E-state index in [9.17, 15) is 0 Å². The van der Waals surface area contributed by atoms with Crippen LogP contribution in [0.15, 0.2) is 60.7 Å². The first-order valence-corrected chi connectivity index (χ1v) is 8.26. The van der Waals surface area contributed by atoms with Gasteiger partial charge >= 0.3 is 0 Å². The Bertz CT molecular complexity index is 575. The summed E-state index contributed by atoms with van der Waals surface area (Å²) in [6.45, 7) is 1.55. The Morgan fingerprint density at radius 2 is 1.23 bits per heavy atom. The SMILES string of the molecule is c1ccc(C2(c3ccccc3)CCOC23CCCCO3)cc1. The quantitative estimate of drug-likeness (QED) is 0.822. The van der Waals surface area contributed by atoms with Crippen molar-refractivity contribution in [3.63, 3.8) is 0 Å². The lowest BCUT2D eigenvalue weighted by atomic mass is 9.66. The molecule has 0 saturated carbocycles. The molecule has 2 aromatic rings. The molecule has 2 aliphatic rings. The molecule has 2 saturated heterocycles. The van der Waals surface area contributed by atoms with Crippen LogP contribution in [0.5, 0.6) is 0 Å². The van der Waals surface area contributed by atoms with Crippen molar-refractivity contribution < 1.29 is 9.47 Å². The number of hydrogen-bond acceptors (Lipinski definition) is 2. The molecule has 1 spiro atoms. The summed E-state index contributed by atoms with van der Waals surface area (Å²) in [5.41, 5.74) is 2.41. The standard InChI is InChI=1S/C20H22O2/c1-3-9-17(10-4-1)19(18-11-5-2-6-12-18)14-16-22-20(19)13-7-8-15-21-20/h1-6,9-12H,7-8,13-16H2. The molecular formula is C20H22O2. The summed E-state index contributed by atoms with van der Waals surface area (Å²) in [6.07, 6.45) is 4.24. The van der Waals surface area contributed by atoms with Crippen molar-refractivity contribution in [1.82, 2.24) is 0 Å². The third-order valence-electron chi connectivity index (χ3n) is 5.23. The van der Waals surface area contributed by atoms with Crippen LogP contribution in [0.25, 0.3) is 0 Å². The number of hydrogen-bond donors (Lipinski definition) is 0. The summed E-state index contributed by atoms with van der Waals surface area (Å²) >= 11 is 0. The molecule has 2 aromatic carbocycles. The Kier molecular flexibility index (Phi) is 3.51. The third-order valence-corrected chi connectivity index (χ3v) is 5.23. The van der Waals surface area contributed by atoms with E-state index in [2.05, 4.69) is 60.7 Å².